The fraction of sp³-hybridized carbons (Fsp3) is 0.0588. The molecule has 9 aromatic rings. The second-order valence-electron chi connectivity index (χ2n) is 14.5. The first-order valence-electron chi connectivity index (χ1n) is 17.9. The summed E-state index contributed by atoms with van der Waals surface area (Å²) >= 11 is 0. The van der Waals surface area contributed by atoms with Gasteiger partial charge in [0.2, 0.25) is 0 Å². The molecule has 0 saturated carbocycles. The lowest BCUT2D eigenvalue weighted by molar-refractivity contribution is 0.660. The van der Waals surface area contributed by atoms with Gasteiger partial charge in [-0.1, -0.05) is 178 Å². The van der Waals surface area contributed by atoms with E-state index >= 15 is 0 Å². The fourth-order valence-electron chi connectivity index (χ4n) is 8.67. The predicted octanol–water partition coefficient (Wildman–Crippen LogP) is 14.1. The normalized spacial score (nSPS) is 13.1. The van der Waals surface area contributed by atoms with Gasteiger partial charge in [-0.05, 0) is 117 Å². The molecule has 0 heterocycles. The number of hydrogen-bond acceptors (Lipinski definition) is 0. The first kappa shape index (κ1) is 29.7. The van der Waals surface area contributed by atoms with Crippen molar-refractivity contribution in [3.63, 3.8) is 0 Å². The number of benzene rings is 9. The van der Waals surface area contributed by atoms with Crippen molar-refractivity contribution in [3.05, 3.63) is 193 Å². The third-order valence-electron chi connectivity index (χ3n) is 11.3. The van der Waals surface area contributed by atoms with Gasteiger partial charge in [-0.3, -0.25) is 0 Å². The van der Waals surface area contributed by atoms with Crippen molar-refractivity contribution < 1.29 is 0 Å². The minimum Gasteiger partial charge on any atom is -0.0622 e. The molecule has 0 nitrogen and oxygen atoms in total. The van der Waals surface area contributed by atoms with Crippen molar-refractivity contribution in [1.29, 1.82) is 0 Å². The second kappa shape index (κ2) is 11.4. The molecule has 9 aromatic carbocycles. The highest BCUT2D eigenvalue weighted by molar-refractivity contribution is 6.22. The molecule has 1 aliphatic carbocycles. The molecule has 0 saturated heterocycles. The van der Waals surface area contributed by atoms with Gasteiger partial charge in [0.15, 0.2) is 0 Å². The van der Waals surface area contributed by atoms with Crippen molar-refractivity contribution in [2.45, 2.75) is 19.3 Å². The third-order valence-corrected chi connectivity index (χ3v) is 11.3. The van der Waals surface area contributed by atoms with Crippen LogP contribution in [-0.2, 0) is 5.41 Å². The molecule has 1 aliphatic rings. The van der Waals surface area contributed by atoms with Gasteiger partial charge in [-0.25, -0.2) is 0 Å². The topological polar surface area (TPSA) is 0 Å². The number of hydrogen-bond donors (Lipinski definition) is 0. The van der Waals surface area contributed by atoms with Crippen molar-refractivity contribution in [2.75, 3.05) is 0 Å². The predicted molar refractivity (Wildman–Crippen MR) is 218 cm³/mol. The molecular weight excluding hydrogens is 613 g/mol. The molecule has 0 bridgehead atoms. The zero-order chi connectivity index (χ0) is 34.1. The maximum absolute atomic E-state index is 2.47. The van der Waals surface area contributed by atoms with Gasteiger partial charge in [0.05, 0.1) is 0 Å². The fourth-order valence-corrected chi connectivity index (χ4v) is 8.67. The molecule has 0 spiro atoms. The molecule has 0 radical (unpaired) electrons. The zero-order valence-electron chi connectivity index (χ0n) is 28.8. The van der Waals surface area contributed by atoms with Crippen LogP contribution in [0.2, 0.25) is 0 Å². The summed E-state index contributed by atoms with van der Waals surface area (Å²) in [7, 11) is 0. The largest absolute Gasteiger partial charge is 0.0622 e. The Labute approximate surface area is 299 Å². The SMILES string of the molecule is CC1(C)c2ccccc2-c2ccc(-c3c4ccccc4c(-c4ccc(-c5ccccc5)cc4)c4cc(-c5ccc6ccccc6c5)ccc34)cc21. The quantitative estimate of drug-likeness (QED) is 0.167. The molecule has 0 atom stereocenters. The van der Waals surface area contributed by atoms with Crippen LogP contribution in [0.25, 0.3) is 88.0 Å². The van der Waals surface area contributed by atoms with E-state index in [1.54, 1.807) is 0 Å². The molecule has 0 N–H and O–H groups in total. The Bertz CT molecular complexity index is 2800. The summed E-state index contributed by atoms with van der Waals surface area (Å²) in [5, 5.41) is 7.60. The molecule has 0 unspecified atom stereocenters. The van der Waals surface area contributed by atoms with Crippen LogP contribution in [0.15, 0.2) is 182 Å². The maximum Gasteiger partial charge on any atom is 0.0159 e. The summed E-state index contributed by atoms with van der Waals surface area (Å²) in [4.78, 5) is 0. The molecule has 10 rings (SSSR count). The Hall–Kier alpha value is -6.24. The van der Waals surface area contributed by atoms with Crippen LogP contribution in [0, 0.1) is 0 Å². The summed E-state index contributed by atoms with van der Waals surface area (Å²) in [6, 6.07) is 67.5. The lowest BCUT2D eigenvalue weighted by Gasteiger charge is -2.23. The molecule has 0 amide bonds. The van der Waals surface area contributed by atoms with E-state index in [9.17, 15) is 0 Å². The standard InChI is InChI=1S/C51H36/c1-51(2)47-19-11-10-16-41(47)42-28-27-40(32-48(42)51)50-44-18-9-8-17-43(44)49(36-23-20-35(21-24-36)33-12-4-3-5-13-33)46-31-39(26-29-45(46)50)38-25-22-34-14-6-7-15-37(34)30-38/h3-32H,1-2H3. The minimum absolute atomic E-state index is 0.0722. The Balaban J connectivity index is 1.24. The van der Waals surface area contributed by atoms with Crippen LogP contribution in [0.1, 0.15) is 25.0 Å². The van der Waals surface area contributed by atoms with E-state index in [4.69, 9.17) is 0 Å². The average molecular weight is 649 g/mol. The summed E-state index contributed by atoms with van der Waals surface area (Å²) in [6.45, 7) is 4.74. The Kier molecular flexibility index (Phi) is 6.63. The van der Waals surface area contributed by atoms with Gasteiger partial charge in [-0.15, -0.1) is 0 Å². The van der Waals surface area contributed by atoms with Crippen molar-refractivity contribution in [1.82, 2.24) is 0 Å². The van der Waals surface area contributed by atoms with Gasteiger partial charge in [0, 0.05) is 5.41 Å². The van der Waals surface area contributed by atoms with Crippen LogP contribution in [0.4, 0.5) is 0 Å². The molecule has 0 heteroatoms. The highest BCUT2D eigenvalue weighted by Gasteiger charge is 2.35. The number of rotatable bonds is 4. The van der Waals surface area contributed by atoms with E-state index in [2.05, 4.69) is 196 Å². The first-order chi connectivity index (χ1) is 25.0. The second-order valence-corrected chi connectivity index (χ2v) is 14.5. The summed E-state index contributed by atoms with van der Waals surface area (Å²) in [5.41, 5.74) is 15.4. The van der Waals surface area contributed by atoms with Crippen molar-refractivity contribution >= 4 is 32.3 Å². The molecule has 51 heavy (non-hydrogen) atoms. The van der Waals surface area contributed by atoms with Gasteiger partial charge >= 0.3 is 0 Å². The highest BCUT2D eigenvalue weighted by Crippen LogP contribution is 2.51. The van der Waals surface area contributed by atoms with E-state index in [1.807, 2.05) is 0 Å². The van der Waals surface area contributed by atoms with E-state index in [0.717, 1.165) is 0 Å². The molecular formula is C51H36. The van der Waals surface area contributed by atoms with Crippen LogP contribution < -0.4 is 0 Å². The summed E-state index contributed by atoms with van der Waals surface area (Å²) in [5.74, 6) is 0. The summed E-state index contributed by atoms with van der Waals surface area (Å²) in [6.07, 6.45) is 0. The lowest BCUT2D eigenvalue weighted by Crippen LogP contribution is -2.14. The summed E-state index contributed by atoms with van der Waals surface area (Å²) < 4.78 is 0. The lowest BCUT2D eigenvalue weighted by atomic mass is 9.80. The van der Waals surface area contributed by atoms with Crippen LogP contribution in [0.5, 0.6) is 0 Å². The van der Waals surface area contributed by atoms with E-state index < -0.39 is 0 Å². The maximum atomic E-state index is 2.47. The monoisotopic (exact) mass is 648 g/mol. The average Bonchev–Trinajstić information content (AvgIpc) is 3.42. The van der Waals surface area contributed by atoms with E-state index in [0.29, 0.717) is 0 Å². The number of fused-ring (bicyclic) bond motifs is 6. The van der Waals surface area contributed by atoms with Crippen LogP contribution in [0.3, 0.4) is 0 Å². The van der Waals surface area contributed by atoms with Gasteiger partial charge < -0.3 is 0 Å². The molecule has 240 valence electrons. The third kappa shape index (κ3) is 4.68. The van der Waals surface area contributed by atoms with E-state index in [-0.39, 0.29) is 5.41 Å². The Morgan fingerprint density at radius 1 is 0.294 bits per heavy atom. The Morgan fingerprint density at radius 3 is 1.63 bits per heavy atom. The van der Waals surface area contributed by atoms with Gasteiger partial charge in [-0.2, -0.15) is 0 Å². The van der Waals surface area contributed by atoms with Crippen molar-refractivity contribution in [2.24, 2.45) is 0 Å². The minimum atomic E-state index is -0.0722. The first-order valence-corrected chi connectivity index (χ1v) is 17.9. The smallest absolute Gasteiger partial charge is 0.0159 e. The molecule has 0 fully saturated rings. The Morgan fingerprint density at radius 2 is 0.824 bits per heavy atom. The molecule has 0 aromatic heterocycles. The zero-order valence-corrected chi connectivity index (χ0v) is 28.8. The van der Waals surface area contributed by atoms with Gasteiger partial charge in [0.1, 0.15) is 0 Å². The van der Waals surface area contributed by atoms with Crippen molar-refractivity contribution in [3.8, 4) is 55.6 Å². The van der Waals surface area contributed by atoms with E-state index in [1.165, 1.54) is 99.1 Å². The molecule has 0 aliphatic heterocycles. The van der Waals surface area contributed by atoms with Crippen LogP contribution in [-0.4, -0.2) is 0 Å². The van der Waals surface area contributed by atoms with Crippen LogP contribution >= 0.6 is 0 Å². The highest BCUT2D eigenvalue weighted by atomic mass is 14.4. The van der Waals surface area contributed by atoms with Gasteiger partial charge in [0.25, 0.3) is 0 Å².